The zero-order chi connectivity index (χ0) is 24.2. The van der Waals surface area contributed by atoms with Gasteiger partial charge in [0.1, 0.15) is 6.61 Å². The van der Waals surface area contributed by atoms with Gasteiger partial charge < -0.3 is 15.4 Å². The zero-order valence-electron chi connectivity index (χ0n) is 19.3. The summed E-state index contributed by atoms with van der Waals surface area (Å²) >= 11 is 5.21. The van der Waals surface area contributed by atoms with Gasteiger partial charge in [-0.15, -0.1) is 0 Å². The fraction of sp³-hybridized carbons (Fsp3) is 0.333. The number of aromatic nitrogens is 2. The first-order valence-electron chi connectivity index (χ1n) is 10.5. The summed E-state index contributed by atoms with van der Waals surface area (Å²) in [7, 11) is 3.46. The number of hydrogen-bond donors (Lipinski definition) is 2. The van der Waals surface area contributed by atoms with Gasteiger partial charge in [0.2, 0.25) is 6.41 Å². The molecule has 0 saturated heterocycles. The van der Waals surface area contributed by atoms with Crippen molar-refractivity contribution in [3.8, 4) is 5.75 Å². The van der Waals surface area contributed by atoms with Crippen LogP contribution in [0, 0.1) is 17.4 Å². The first kappa shape index (κ1) is 26.9. The van der Waals surface area contributed by atoms with Gasteiger partial charge >= 0.3 is 0 Å². The van der Waals surface area contributed by atoms with Crippen molar-refractivity contribution in [3.05, 3.63) is 79.1 Å². The lowest BCUT2D eigenvalue weighted by molar-refractivity contribution is -0.109. The lowest BCUT2D eigenvalue weighted by Gasteiger charge is -2.15. The maximum atomic E-state index is 11.9. The molecule has 1 aromatic heterocycles. The average molecular weight is 585 g/mol. The number of aryl methyl sites for hydroxylation is 2. The molecular weight excluding hydrogens is 555 g/mol. The van der Waals surface area contributed by atoms with Crippen LogP contribution in [0.5, 0.6) is 5.75 Å². The van der Waals surface area contributed by atoms with Gasteiger partial charge in [0.05, 0.1) is 14.3 Å². The quantitative estimate of drug-likeness (QED) is 0.211. The Labute approximate surface area is 210 Å². The Morgan fingerprint density at radius 3 is 2.48 bits per heavy atom. The van der Waals surface area contributed by atoms with E-state index in [1.165, 1.54) is 11.1 Å². The SMILES string of the molecule is CNC=O.Cc1ccc(Cc2cc(I=O)c(OCCNCc3ccn(C)n3)c(Cl)c2C)cc1. The molecule has 0 aliphatic heterocycles. The highest BCUT2D eigenvalue weighted by Crippen LogP contribution is 2.37. The van der Waals surface area contributed by atoms with Gasteiger partial charge in [-0.2, -0.15) is 5.10 Å². The van der Waals surface area contributed by atoms with E-state index in [2.05, 4.69) is 46.9 Å². The molecule has 0 radical (unpaired) electrons. The van der Waals surface area contributed by atoms with Crippen LogP contribution in [0.1, 0.15) is 27.9 Å². The molecule has 33 heavy (non-hydrogen) atoms. The molecule has 3 rings (SSSR count). The number of ether oxygens (including phenoxy) is 1. The van der Waals surface area contributed by atoms with Crippen molar-refractivity contribution >= 4 is 39.2 Å². The molecule has 7 nitrogen and oxygen atoms in total. The summed E-state index contributed by atoms with van der Waals surface area (Å²) in [6.45, 7) is 5.83. The van der Waals surface area contributed by atoms with Crippen molar-refractivity contribution in [1.29, 1.82) is 0 Å². The standard InChI is InChI=1S/C22H25ClIN3O2.C2H5NO/c1-15-4-6-17(7-5-15)12-18-13-20(24-28)22(21(23)16(18)2)29-11-9-25-14-19-8-10-27(3)26-19;1-3-2-4/h4-8,10,13,25H,9,11-12,14H2,1-3H3;2H,1H3,(H,3,4). The normalized spacial score (nSPS) is 10.3. The minimum Gasteiger partial charge on any atom is -0.489 e. The highest BCUT2D eigenvalue weighted by Gasteiger charge is 2.16. The van der Waals surface area contributed by atoms with Gasteiger partial charge in [0.25, 0.3) is 0 Å². The average Bonchev–Trinajstić information content (AvgIpc) is 3.24. The number of amides is 1. The predicted octanol–water partition coefficient (Wildman–Crippen LogP) is 4.30. The van der Waals surface area contributed by atoms with Gasteiger partial charge in [-0.25, -0.2) is 0 Å². The Morgan fingerprint density at radius 2 is 1.91 bits per heavy atom. The lowest BCUT2D eigenvalue weighted by atomic mass is 9.99. The van der Waals surface area contributed by atoms with E-state index in [0.717, 1.165) is 23.2 Å². The summed E-state index contributed by atoms with van der Waals surface area (Å²) in [4.78, 5) is 9.06. The molecule has 1 heterocycles. The minimum atomic E-state index is -1.39. The van der Waals surface area contributed by atoms with E-state index in [-0.39, 0.29) is 0 Å². The van der Waals surface area contributed by atoms with Crippen molar-refractivity contribution in [2.24, 2.45) is 7.05 Å². The third-order valence-corrected chi connectivity index (χ3v) is 6.58. The molecular formula is C24H30ClIN4O3. The van der Waals surface area contributed by atoms with Crippen LogP contribution >= 0.6 is 32.8 Å². The number of nitrogens with zero attached hydrogens (tertiary/aromatic N) is 2. The first-order valence-corrected chi connectivity index (χ1v) is 12.8. The highest BCUT2D eigenvalue weighted by molar-refractivity contribution is 14.1. The Kier molecular flexibility index (Phi) is 11.5. The van der Waals surface area contributed by atoms with Crippen molar-refractivity contribution in [1.82, 2.24) is 20.4 Å². The number of halogens is 2. The molecule has 0 saturated carbocycles. The number of carbonyl (C=O) groups excluding carboxylic acids is 1. The number of rotatable bonds is 10. The van der Waals surface area contributed by atoms with Gasteiger partial charge in [0, 0.05) is 33.4 Å². The van der Waals surface area contributed by atoms with Crippen LogP contribution in [0.25, 0.3) is 0 Å². The predicted molar refractivity (Wildman–Crippen MR) is 139 cm³/mol. The number of nitrogens with one attached hydrogen (secondary N) is 2. The monoisotopic (exact) mass is 584 g/mol. The maximum absolute atomic E-state index is 11.9. The molecule has 0 unspecified atom stereocenters. The Balaban J connectivity index is 0.000000890. The number of carbonyl (C=O) groups is 1. The van der Waals surface area contributed by atoms with Crippen LogP contribution in [0.4, 0.5) is 0 Å². The van der Waals surface area contributed by atoms with E-state index in [0.29, 0.717) is 40.4 Å². The minimum absolute atomic E-state index is 0.444. The summed E-state index contributed by atoms with van der Waals surface area (Å²) in [6, 6.07) is 12.4. The van der Waals surface area contributed by atoms with Crippen LogP contribution in [-0.4, -0.2) is 36.4 Å². The summed E-state index contributed by atoms with van der Waals surface area (Å²) in [6.07, 6.45) is 3.30. The molecule has 0 bridgehead atoms. The second-order valence-corrected chi connectivity index (χ2v) is 9.42. The second kappa shape index (κ2) is 14.1. The van der Waals surface area contributed by atoms with Crippen molar-refractivity contribution in [2.75, 3.05) is 20.2 Å². The van der Waals surface area contributed by atoms with Gasteiger partial charge in [-0.1, -0.05) is 41.4 Å². The molecule has 0 fully saturated rings. The molecule has 178 valence electrons. The third-order valence-electron chi connectivity index (χ3n) is 4.84. The van der Waals surface area contributed by atoms with E-state index in [1.54, 1.807) is 11.7 Å². The molecule has 3 aromatic rings. The largest absolute Gasteiger partial charge is 0.489 e. The van der Waals surface area contributed by atoms with Crippen LogP contribution in [0.3, 0.4) is 0 Å². The summed E-state index contributed by atoms with van der Waals surface area (Å²) in [5.74, 6) is 0.555. The fourth-order valence-electron chi connectivity index (χ4n) is 3.04. The number of benzene rings is 2. The molecule has 1 amide bonds. The molecule has 0 aliphatic carbocycles. The van der Waals surface area contributed by atoms with Crippen LogP contribution in [-0.2, 0) is 27.9 Å². The first-order chi connectivity index (χ1) is 15.9. The van der Waals surface area contributed by atoms with Crippen molar-refractivity contribution < 1.29 is 12.6 Å². The number of hydrogen-bond acceptors (Lipinski definition) is 5. The Morgan fingerprint density at radius 1 is 1.21 bits per heavy atom. The van der Waals surface area contributed by atoms with Gasteiger partial charge in [-0.3, -0.25) is 12.5 Å². The molecule has 9 heteroatoms. The van der Waals surface area contributed by atoms with Crippen molar-refractivity contribution in [3.63, 3.8) is 0 Å². The Bertz CT molecular complexity index is 1050. The van der Waals surface area contributed by atoms with E-state index >= 15 is 0 Å². The van der Waals surface area contributed by atoms with E-state index in [4.69, 9.17) is 21.1 Å². The molecule has 2 N–H and O–H groups in total. The summed E-state index contributed by atoms with van der Waals surface area (Å²) in [5.41, 5.74) is 5.48. The zero-order valence-corrected chi connectivity index (χ0v) is 22.2. The molecule has 0 spiro atoms. The second-order valence-electron chi connectivity index (χ2n) is 7.44. The van der Waals surface area contributed by atoms with E-state index in [1.807, 2.05) is 32.3 Å². The smallest absolute Gasteiger partial charge is 0.206 e. The summed E-state index contributed by atoms with van der Waals surface area (Å²) < 4.78 is 20.3. The summed E-state index contributed by atoms with van der Waals surface area (Å²) in [5, 5.41) is 10.4. The van der Waals surface area contributed by atoms with Crippen LogP contribution in [0.15, 0.2) is 42.6 Å². The van der Waals surface area contributed by atoms with E-state index < -0.39 is 21.2 Å². The molecule has 0 aliphatic rings. The third kappa shape index (κ3) is 8.53. The topological polar surface area (TPSA) is 85.3 Å². The molecule has 0 atom stereocenters. The fourth-order valence-corrected chi connectivity index (χ4v) is 4.61. The van der Waals surface area contributed by atoms with Gasteiger partial charge in [0.15, 0.2) is 26.9 Å². The van der Waals surface area contributed by atoms with Crippen LogP contribution < -0.4 is 15.4 Å². The highest BCUT2D eigenvalue weighted by atomic mass is 127. The van der Waals surface area contributed by atoms with Crippen molar-refractivity contribution in [2.45, 2.75) is 26.8 Å². The van der Waals surface area contributed by atoms with Crippen LogP contribution in [0.2, 0.25) is 5.02 Å². The Hall–Kier alpha value is -2.30. The maximum Gasteiger partial charge on any atom is 0.206 e. The van der Waals surface area contributed by atoms with Gasteiger partial charge in [-0.05, 0) is 49.1 Å². The molecule has 2 aromatic carbocycles. The lowest BCUT2D eigenvalue weighted by Crippen LogP contribution is -2.21. The van der Waals surface area contributed by atoms with E-state index in [9.17, 15) is 3.07 Å².